The lowest BCUT2D eigenvalue weighted by atomic mass is 10.2. The Kier molecular flexibility index (Phi) is 3.91. The Morgan fingerprint density at radius 1 is 1.48 bits per heavy atom. The Morgan fingerprint density at radius 2 is 2.10 bits per heavy atom. The van der Waals surface area contributed by atoms with Crippen LogP contribution in [0.3, 0.4) is 0 Å². The molecule has 116 valence electrons. The van der Waals surface area contributed by atoms with Crippen molar-refractivity contribution in [1.29, 1.82) is 0 Å². The summed E-state index contributed by atoms with van der Waals surface area (Å²) in [4.78, 5) is 11.2. The summed E-state index contributed by atoms with van der Waals surface area (Å²) >= 11 is 0. The molecule has 5 N–H and O–H groups in total. The molecule has 1 aromatic carbocycles. The number of halogens is 1. The van der Waals surface area contributed by atoms with E-state index in [9.17, 15) is 22.7 Å². The SMILES string of the molecule is Cc1cc(F)c(N)cc1S(=O)(=O)N1CC(O)CC1C(N)=O. The van der Waals surface area contributed by atoms with Crippen molar-refractivity contribution in [3.63, 3.8) is 0 Å². The summed E-state index contributed by atoms with van der Waals surface area (Å²) in [6.45, 7) is 1.17. The van der Waals surface area contributed by atoms with Crippen LogP contribution in [-0.2, 0) is 14.8 Å². The number of amides is 1. The number of carbonyl (C=O) groups excluding carboxylic acids is 1. The van der Waals surface area contributed by atoms with Crippen molar-refractivity contribution in [1.82, 2.24) is 4.31 Å². The third kappa shape index (κ3) is 2.71. The molecule has 9 heteroatoms. The monoisotopic (exact) mass is 317 g/mol. The Bertz CT molecular complexity index is 692. The van der Waals surface area contributed by atoms with Crippen molar-refractivity contribution in [3.8, 4) is 0 Å². The second-order valence-corrected chi connectivity index (χ2v) is 6.88. The van der Waals surface area contributed by atoms with E-state index in [0.29, 0.717) is 0 Å². The first kappa shape index (κ1) is 15.7. The number of hydrogen-bond acceptors (Lipinski definition) is 5. The molecule has 2 rings (SSSR count). The van der Waals surface area contributed by atoms with Gasteiger partial charge in [-0.2, -0.15) is 4.31 Å². The van der Waals surface area contributed by atoms with Crippen LogP contribution in [0.1, 0.15) is 12.0 Å². The molecule has 0 aliphatic carbocycles. The second-order valence-electron chi connectivity index (χ2n) is 5.02. The minimum absolute atomic E-state index is 0.0652. The van der Waals surface area contributed by atoms with Gasteiger partial charge in [-0.3, -0.25) is 4.79 Å². The summed E-state index contributed by atoms with van der Waals surface area (Å²) in [5.74, 6) is -1.57. The second kappa shape index (κ2) is 5.24. The van der Waals surface area contributed by atoms with Gasteiger partial charge in [-0.15, -0.1) is 0 Å². The van der Waals surface area contributed by atoms with E-state index in [-0.39, 0.29) is 29.1 Å². The normalized spacial score (nSPS) is 23.4. The number of nitrogens with two attached hydrogens (primary N) is 2. The first-order chi connectivity index (χ1) is 9.64. The first-order valence-corrected chi connectivity index (χ1v) is 7.63. The van der Waals surface area contributed by atoms with E-state index >= 15 is 0 Å². The number of sulfonamides is 1. The number of rotatable bonds is 3. The Morgan fingerprint density at radius 3 is 2.67 bits per heavy atom. The van der Waals surface area contributed by atoms with E-state index in [1.165, 1.54) is 6.92 Å². The molecule has 0 aromatic heterocycles. The van der Waals surface area contributed by atoms with Gasteiger partial charge in [0.15, 0.2) is 0 Å². The van der Waals surface area contributed by atoms with Crippen LogP contribution in [0, 0.1) is 12.7 Å². The molecule has 1 amide bonds. The number of benzene rings is 1. The highest BCUT2D eigenvalue weighted by atomic mass is 32.2. The zero-order chi connectivity index (χ0) is 15.9. The van der Waals surface area contributed by atoms with E-state index in [1.54, 1.807) is 0 Å². The predicted molar refractivity (Wildman–Crippen MR) is 73.0 cm³/mol. The average molecular weight is 317 g/mol. The van der Waals surface area contributed by atoms with Crippen LogP contribution in [-0.4, -0.2) is 42.4 Å². The number of carbonyl (C=O) groups is 1. The molecule has 1 aliphatic rings. The molecular formula is C12H16FN3O4S. The van der Waals surface area contributed by atoms with Crippen LogP contribution in [0.25, 0.3) is 0 Å². The number of β-amino-alcohol motifs (C(OH)–C–C–N with tert-alkyl or cyclic N) is 1. The van der Waals surface area contributed by atoms with Crippen LogP contribution >= 0.6 is 0 Å². The zero-order valence-corrected chi connectivity index (χ0v) is 12.1. The van der Waals surface area contributed by atoms with Crippen molar-refractivity contribution in [2.24, 2.45) is 5.73 Å². The Labute approximate surface area is 121 Å². The summed E-state index contributed by atoms with van der Waals surface area (Å²) in [6, 6.07) is 0.882. The average Bonchev–Trinajstić information content (AvgIpc) is 2.76. The van der Waals surface area contributed by atoms with Crippen LogP contribution in [0.4, 0.5) is 10.1 Å². The lowest BCUT2D eigenvalue weighted by molar-refractivity contribution is -0.121. The molecule has 1 fully saturated rings. The van der Waals surface area contributed by atoms with Gasteiger partial charge in [-0.1, -0.05) is 0 Å². The fourth-order valence-electron chi connectivity index (χ4n) is 2.38. The molecule has 2 unspecified atom stereocenters. The third-order valence-corrected chi connectivity index (χ3v) is 5.46. The molecule has 0 radical (unpaired) electrons. The van der Waals surface area contributed by atoms with Gasteiger partial charge < -0.3 is 16.6 Å². The van der Waals surface area contributed by atoms with Crippen molar-refractivity contribution in [2.45, 2.75) is 30.4 Å². The quantitative estimate of drug-likeness (QED) is 0.637. The van der Waals surface area contributed by atoms with Crippen LogP contribution in [0.2, 0.25) is 0 Å². The minimum atomic E-state index is -4.11. The highest BCUT2D eigenvalue weighted by Gasteiger charge is 2.43. The lowest BCUT2D eigenvalue weighted by Crippen LogP contribution is -2.43. The zero-order valence-electron chi connectivity index (χ0n) is 11.3. The molecule has 0 bridgehead atoms. The lowest BCUT2D eigenvalue weighted by Gasteiger charge is -2.22. The van der Waals surface area contributed by atoms with Crippen molar-refractivity contribution >= 4 is 21.6 Å². The number of aryl methyl sites for hydroxylation is 1. The molecule has 1 aromatic rings. The van der Waals surface area contributed by atoms with E-state index in [2.05, 4.69) is 0 Å². The number of aliphatic hydroxyl groups excluding tert-OH is 1. The molecule has 0 saturated carbocycles. The summed E-state index contributed by atoms with van der Waals surface area (Å²) in [6.07, 6.45) is -1.04. The summed E-state index contributed by atoms with van der Waals surface area (Å²) in [5, 5.41) is 9.60. The summed E-state index contributed by atoms with van der Waals surface area (Å²) < 4.78 is 39.4. The number of anilines is 1. The van der Waals surface area contributed by atoms with Gasteiger partial charge in [0, 0.05) is 13.0 Å². The maximum absolute atomic E-state index is 13.3. The number of primary amides is 1. The van der Waals surface area contributed by atoms with Gasteiger partial charge in [-0.25, -0.2) is 12.8 Å². The molecule has 1 aliphatic heterocycles. The van der Waals surface area contributed by atoms with Gasteiger partial charge in [0.2, 0.25) is 15.9 Å². The maximum Gasteiger partial charge on any atom is 0.244 e. The largest absolute Gasteiger partial charge is 0.396 e. The molecule has 1 saturated heterocycles. The van der Waals surface area contributed by atoms with E-state index in [4.69, 9.17) is 11.5 Å². The number of hydrogen-bond donors (Lipinski definition) is 3. The van der Waals surface area contributed by atoms with Crippen LogP contribution < -0.4 is 11.5 Å². The smallest absolute Gasteiger partial charge is 0.244 e. The van der Waals surface area contributed by atoms with Gasteiger partial charge >= 0.3 is 0 Å². The highest BCUT2D eigenvalue weighted by Crippen LogP contribution is 2.30. The van der Waals surface area contributed by atoms with Gasteiger partial charge in [0.05, 0.1) is 16.7 Å². The van der Waals surface area contributed by atoms with Gasteiger partial charge in [0.1, 0.15) is 11.9 Å². The molecule has 2 atom stereocenters. The molecular weight excluding hydrogens is 301 g/mol. The highest BCUT2D eigenvalue weighted by molar-refractivity contribution is 7.89. The minimum Gasteiger partial charge on any atom is -0.396 e. The first-order valence-electron chi connectivity index (χ1n) is 6.19. The number of aliphatic hydroxyl groups is 1. The van der Waals surface area contributed by atoms with E-state index < -0.39 is 33.9 Å². The standard InChI is InChI=1S/C12H16FN3O4S/c1-6-2-8(13)9(14)4-11(6)21(19,20)16-5-7(17)3-10(16)12(15)18/h2,4,7,10,17H,3,5,14H2,1H3,(H2,15,18). The number of nitrogens with zero attached hydrogens (tertiary/aromatic N) is 1. The summed E-state index contributed by atoms with van der Waals surface area (Å²) in [7, 11) is -4.11. The van der Waals surface area contributed by atoms with E-state index in [0.717, 1.165) is 16.4 Å². The Hall–Kier alpha value is -1.71. The van der Waals surface area contributed by atoms with Crippen molar-refractivity contribution in [2.75, 3.05) is 12.3 Å². The Balaban J connectivity index is 2.52. The molecule has 21 heavy (non-hydrogen) atoms. The van der Waals surface area contributed by atoms with Crippen LogP contribution in [0.15, 0.2) is 17.0 Å². The van der Waals surface area contributed by atoms with Crippen molar-refractivity contribution < 1.29 is 22.7 Å². The summed E-state index contributed by atoms with van der Waals surface area (Å²) in [5.41, 5.74) is 10.4. The molecule has 7 nitrogen and oxygen atoms in total. The predicted octanol–water partition coefficient (Wildman–Crippen LogP) is -0.674. The molecule has 1 heterocycles. The van der Waals surface area contributed by atoms with E-state index in [1.807, 2.05) is 0 Å². The van der Waals surface area contributed by atoms with Crippen molar-refractivity contribution in [3.05, 3.63) is 23.5 Å². The van der Waals surface area contributed by atoms with Crippen LogP contribution in [0.5, 0.6) is 0 Å². The van der Waals surface area contributed by atoms with Gasteiger partial charge in [-0.05, 0) is 24.6 Å². The molecule has 0 spiro atoms. The third-order valence-electron chi connectivity index (χ3n) is 3.44. The topological polar surface area (TPSA) is 127 Å². The van der Waals surface area contributed by atoms with Gasteiger partial charge in [0.25, 0.3) is 0 Å². The fourth-order valence-corrected chi connectivity index (χ4v) is 4.27. The maximum atomic E-state index is 13.3. The number of nitrogen functional groups attached to an aromatic ring is 1. The fraction of sp³-hybridized carbons (Fsp3) is 0.417.